The third-order valence-corrected chi connectivity index (χ3v) is 5.50. The van der Waals surface area contributed by atoms with Crippen LogP contribution in [-0.2, 0) is 11.2 Å². The molecule has 1 unspecified atom stereocenters. The summed E-state index contributed by atoms with van der Waals surface area (Å²) in [5, 5.41) is 0. The monoisotopic (exact) mass is 280 g/mol. The smallest absolute Gasteiger partial charge is 0.143 e. The molecule has 2 nitrogen and oxygen atoms in total. The molecule has 1 aromatic carbocycles. The summed E-state index contributed by atoms with van der Waals surface area (Å²) >= 11 is 0. The van der Waals surface area contributed by atoms with E-state index in [2.05, 4.69) is 25.1 Å². The quantitative estimate of drug-likeness (QED) is 0.774. The predicted octanol–water partition coefficient (Wildman–Crippen LogP) is 4.09. The standard InChI is InChI=1S/C19H20O2/c1-19-9-8-15-14-7-6-13(21-2)10-12(14)11-16(15)17(19)4-3-5-18(19)20/h4,6-7,10H,3,5,8-9,11H2,1-2H3. The summed E-state index contributed by atoms with van der Waals surface area (Å²) in [4.78, 5) is 12.4. The zero-order valence-corrected chi connectivity index (χ0v) is 12.7. The maximum atomic E-state index is 12.4. The van der Waals surface area contributed by atoms with E-state index in [1.54, 1.807) is 7.11 Å². The second-order valence-electron chi connectivity index (χ2n) is 6.57. The zero-order valence-electron chi connectivity index (χ0n) is 12.7. The lowest BCUT2D eigenvalue weighted by Gasteiger charge is -2.39. The van der Waals surface area contributed by atoms with Crippen LogP contribution >= 0.6 is 0 Å². The first-order chi connectivity index (χ1) is 10.1. The number of benzene rings is 1. The van der Waals surface area contributed by atoms with Crippen LogP contribution in [0.5, 0.6) is 5.75 Å². The van der Waals surface area contributed by atoms with Crippen molar-refractivity contribution in [3.05, 3.63) is 46.5 Å². The minimum atomic E-state index is -0.233. The van der Waals surface area contributed by atoms with E-state index >= 15 is 0 Å². The van der Waals surface area contributed by atoms with Gasteiger partial charge in [-0.15, -0.1) is 0 Å². The van der Waals surface area contributed by atoms with E-state index in [4.69, 9.17) is 4.74 Å². The Morgan fingerprint density at radius 1 is 1.19 bits per heavy atom. The Morgan fingerprint density at radius 2 is 2.05 bits per heavy atom. The molecule has 0 N–H and O–H groups in total. The van der Waals surface area contributed by atoms with Gasteiger partial charge < -0.3 is 4.74 Å². The zero-order chi connectivity index (χ0) is 14.6. The van der Waals surface area contributed by atoms with Crippen LogP contribution in [0.1, 0.15) is 43.7 Å². The Morgan fingerprint density at radius 3 is 2.86 bits per heavy atom. The molecule has 4 rings (SSSR count). The maximum absolute atomic E-state index is 12.4. The highest BCUT2D eigenvalue weighted by atomic mass is 16.5. The Balaban J connectivity index is 1.82. The summed E-state index contributed by atoms with van der Waals surface area (Å²) < 4.78 is 5.35. The second kappa shape index (κ2) is 4.33. The van der Waals surface area contributed by atoms with E-state index in [-0.39, 0.29) is 5.41 Å². The molecule has 0 saturated carbocycles. The van der Waals surface area contributed by atoms with E-state index in [0.717, 1.165) is 31.4 Å². The summed E-state index contributed by atoms with van der Waals surface area (Å²) in [5.41, 5.74) is 6.68. The first-order valence-electron chi connectivity index (χ1n) is 7.77. The molecule has 1 atom stereocenters. The normalized spacial score (nSPS) is 27.0. The SMILES string of the molecule is COc1ccc2c(c1)CC1=C2CCC2(C)C(=O)CCC=C12. The lowest BCUT2D eigenvalue weighted by atomic mass is 9.63. The van der Waals surface area contributed by atoms with E-state index in [9.17, 15) is 4.79 Å². The second-order valence-corrected chi connectivity index (χ2v) is 6.57. The minimum Gasteiger partial charge on any atom is -0.497 e. The number of carbonyl (C=O) groups is 1. The Hall–Kier alpha value is -1.83. The number of Topliss-reactive ketones (excluding diaryl/α,β-unsaturated/α-hetero) is 1. The van der Waals surface area contributed by atoms with Gasteiger partial charge in [0.2, 0.25) is 0 Å². The first-order valence-corrected chi connectivity index (χ1v) is 7.77. The average molecular weight is 280 g/mol. The van der Waals surface area contributed by atoms with Gasteiger partial charge in [0.25, 0.3) is 0 Å². The summed E-state index contributed by atoms with van der Waals surface area (Å²) in [5.74, 6) is 1.35. The first kappa shape index (κ1) is 12.9. The third kappa shape index (κ3) is 1.68. The number of ether oxygens (including phenoxy) is 1. The van der Waals surface area contributed by atoms with Gasteiger partial charge in [-0.2, -0.15) is 0 Å². The lowest BCUT2D eigenvalue weighted by Crippen LogP contribution is -2.35. The Labute approximate surface area is 125 Å². The van der Waals surface area contributed by atoms with Crippen molar-refractivity contribution in [3.8, 4) is 5.75 Å². The highest BCUT2D eigenvalue weighted by molar-refractivity contribution is 5.94. The molecule has 0 heterocycles. The Bertz CT molecular complexity index is 708. The van der Waals surface area contributed by atoms with Gasteiger partial charge in [-0.25, -0.2) is 0 Å². The van der Waals surface area contributed by atoms with E-state index in [1.807, 2.05) is 6.07 Å². The molecular formula is C19H20O2. The lowest BCUT2D eigenvalue weighted by molar-refractivity contribution is -0.126. The summed E-state index contributed by atoms with van der Waals surface area (Å²) in [6, 6.07) is 6.38. The molecule has 1 aromatic rings. The van der Waals surface area contributed by atoms with Crippen LogP contribution in [0.2, 0.25) is 0 Å². The number of allylic oxidation sites excluding steroid dienone is 4. The Kier molecular flexibility index (Phi) is 2.66. The van der Waals surface area contributed by atoms with Crippen molar-refractivity contribution in [1.29, 1.82) is 0 Å². The number of fused-ring (bicyclic) bond motifs is 4. The molecule has 0 amide bonds. The topological polar surface area (TPSA) is 26.3 Å². The molecule has 108 valence electrons. The van der Waals surface area contributed by atoms with Crippen LogP contribution in [0.15, 0.2) is 35.4 Å². The van der Waals surface area contributed by atoms with Gasteiger partial charge in [-0.3, -0.25) is 4.79 Å². The van der Waals surface area contributed by atoms with Gasteiger partial charge in [0.15, 0.2) is 0 Å². The van der Waals surface area contributed by atoms with Crippen LogP contribution < -0.4 is 4.74 Å². The van der Waals surface area contributed by atoms with Crippen LogP contribution in [0.25, 0.3) is 5.57 Å². The highest BCUT2D eigenvalue weighted by Crippen LogP contribution is 2.53. The fourth-order valence-corrected chi connectivity index (χ4v) is 4.25. The van der Waals surface area contributed by atoms with Crippen molar-refractivity contribution in [2.45, 2.75) is 39.0 Å². The summed E-state index contributed by atoms with van der Waals surface area (Å²) in [6.45, 7) is 2.15. The number of ketones is 1. The molecule has 0 saturated heterocycles. The fraction of sp³-hybridized carbons (Fsp3) is 0.421. The maximum Gasteiger partial charge on any atom is 0.143 e. The molecule has 0 spiro atoms. The molecule has 0 bridgehead atoms. The van der Waals surface area contributed by atoms with Crippen molar-refractivity contribution in [1.82, 2.24) is 0 Å². The van der Waals surface area contributed by atoms with Gasteiger partial charge in [-0.05, 0) is 72.6 Å². The molecular weight excluding hydrogens is 260 g/mol. The van der Waals surface area contributed by atoms with Crippen molar-refractivity contribution in [2.75, 3.05) is 7.11 Å². The molecule has 3 aliphatic rings. The van der Waals surface area contributed by atoms with Gasteiger partial charge in [0, 0.05) is 6.42 Å². The number of methoxy groups -OCH3 is 1. The summed E-state index contributed by atoms with van der Waals surface area (Å²) in [7, 11) is 1.71. The van der Waals surface area contributed by atoms with Crippen LogP contribution in [0, 0.1) is 5.41 Å². The van der Waals surface area contributed by atoms with E-state index in [1.165, 1.54) is 27.8 Å². The average Bonchev–Trinajstić information content (AvgIpc) is 2.86. The van der Waals surface area contributed by atoms with Crippen molar-refractivity contribution < 1.29 is 9.53 Å². The highest BCUT2D eigenvalue weighted by Gasteiger charge is 2.44. The fourth-order valence-electron chi connectivity index (χ4n) is 4.25. The number of rotatable bonds is 1. The molecule has 0 aromatic heterocycles. The van der Waals surface area contributed by atoms with Gasteiger partial charge in [0.1, 0.15) is 11.5 Å². The molecule has 0 radical (unpaired) electrons. The largest absolute Gasteiger partial charge is 0.497 e. The molecule has 3 aliphatic carbocycles. The van der Waals surface area contributed by atoms with Crippen molar-refractivity contribution in [3.63, 3.8) is 0 Å². The molecule has 21 heavy (non-hydrogen) atoms. The summed E-state index contributed by atoms with van der Waals surface area (Å²) in [6.07, 6.45) is 6.87. The number of hydrogen-bond donors (Lipinski definition) is 0. The predicted molar refractivity (Wildman–Crippen MR) is 83.3 cm³/mol. The third-order valence-electron chi connectivity index (χ3n) is 5.50. The van der Waals surface area contributed by atoms with Gasteiger partial charge >= 0.3 is 0 Å². The van der Waals surface area contributed by atoms with Crippen molar-refractivity contribution in [2.24, 2.45) is 5.41 Å². The minimum absolute atomic E-state index is 0.233. The van der Waals surface area contributed by atoms with E-state index in [0.29, 0.717) is 12.2 Å². The molecule has 2 heteroatoms. The van der Waals surface area contributed by atoms with E-state index < -0.39 is 0 Å². The molecule has 0 fully saturated rings. The van der Waals surface area contributed by atoms with Gasteiger partial charge in [0.05, 0.1) is 12.5 Å². The molecule has 0 aliphatic heterocycles. The van der Waals surface area contributed by atoms with Crippen LogP contribution in [0.3, 0.4) is 0 Å². The van der Waals surface area contributed by atoms with Crippen LogP contribution in [-0.4, -0.2) is 12.9 Å². The number of carbonyl (C=O) groups excluding carboxylic acids is 1. The number of hydrogen-bond acceptors (Lipinski definition) is 2. The van der Waals surface area contributed by atoms with Gasteiger partial charge in [-0.1, -0.05) is 12.1 Å². The van der Waals surface area contributed by atoms with Crippen LogP contribution in [0.4, 0.5) is 0 Å². The van der Waals surface area contributed by atoms with Crippen molar-refractivity contribution >= 4 is 11.4 Å².